The van der Waals surface area contributed by atoms with Gasteiger partial charge >= 0.3 is 5.97 Å². The Morgan fingerprint density at radius 2 is 1.61 bits per heavy atom. The Morgan fingerprint density at radius 3 is 2.36 bits per heavy atom. The van der Waals surface area contributed by atoms with E-state index in [9.17, 15) is 14.7 Å². The van der Waals surface area contributed by atoms with Crippen LogP contribution in [0, 0.1) is 0 Å². The molecule has 1 aromatic heterocycles. The minimum Gasteiger partial charge on any atom is -0.480 e. The number of carboxylic acids is 1. The van der Waals surface area contributed by atoms with E-state index >= 15 is 0 Å². The fraction of sp³-hybridized carbons (Fsp3) is 0.120. The van der Waals surface area contributed by atoms with Crippen LogP contribution in [0.1, 0.15) is 11.1 Å². The van der Waals surface area contributed by atoms with Crippen LogP contribution in [0.5, 0.6) is 0 Å². The largest absolute Gasteiger partial charge is 0.480 e. The van der Waals surface area contributed by atoms with E-state index in [-0.39, 0.29) is 12.8 Å². The fourth-order valence-electron chi connectivity index (χ4n) is 3.69. The Kier molecular flexibility index (Phi) is 6.87. The zero-order chi connectivity index (χ0) is 23.4. The number of nitrogens with one attached hydrogen (secondary N) is 3. The first kappa shape index (κ1) is 22.7. The molecule has 33 heavy (non-hydrogen) atoms. The molecule has 0 aliphatic heterocycles. The topological polar surface area (TPSA) is 94.2 Å². The lowest BCUT2D eigenvalue weighted by molar-refractivity contribution is -0.141. The zero-order valence-electron chi connectivity index (χ0n) is 17.4. The lowest BCUT2D eigenvalue weighted by Gasteiger charge is -2.17. The summed E-state index contributed by atoms with van der Waals surface area (Å²) in [4.78, 5) is 27.8. The molecule has 0 radical (unpaired) electrons. The Bertz CT molecular complexity index is 1300. The summed E-state index contributed by atoms with van der Waals surface area (Å²) in [5.41, 5.74) is 3.62. The van der Waals surface area contributed by atoms with E-state index in [1.807, 2.05) is 42.5 Å². The Hall–Kier alpha value is -3.48. The molecule has 4 rings (SSSR count). The third-order valence-corrected chi connectivity index (χ3v) is 5.95. The average molecular weight is 482 g/mol. The summed E-state index contributed by atoms with van der Waals surface area (Å²) in [5.74, 6) is -1.50. The van der Waals surface area contributed by atoms with Gasteiger partial charge in [-0.2, -0.15) is 0 Å². The number of fused-ring (bicyclic) bond motifs is 1. The standard InChI is InChI=1S/C25H21Cl2N3O3/c26-18-8-5-9-19(27)24(18)30-20-10-3-1-6-15(20)13-23(31)29-22(25(32)33)12-16-14-28-21-11-4-2-7-17(16)21/h1-11,14,22,28,30H,12-13H2,(H,29,31)(H,32,33). The SMILES string of the molecule is O=C(Cc1ccccc1Nc1c(Cl)cccc1Cl)NC(Cc1c[nH]c2ccccc12)C(=O)O. The van der Waals surface area contributed by atoms with E-state index in [0.29, 0.717) is 27.0 Å². The molecular weight excluding hydrogens is 461 g/mol. The molecule has 0 spiro atoms. The number of amides is 1. The highest BCUT2D eigenvalue weighted by Gasteiger charge is 2.22. The summed E-state index contributed by atoms with van der Waals surface area (Å²) in [7, 11) is 0. The normalized spacial score (nSPS) is 11.8. The molecule has 0 saturated heterocycles. The van der Waals surface area contributed by atoms with E-state index in [0.717, 1.165) is 16.5 Å². The Balaban J connectivity index is 1.49. The van der Waals surface area contributed by atoms with Crippen molar-refractivity contribution in [1.29, 1.82) is 0 Å². The van der Waals surface area contributed by atoms with Crippen molar-refractivity contribution in [1.82, 2.24) is 10.3 Å². The lowest BCUT2D eigenvalue weighted by atomic mass is 10.0. The van der Waals surface area contributed by atoms with Gasteiger partial charge in [-0.3, -0.25) is 4.79 Å². The summed E-state index contributed by atoms with van der Waals surface area (Å²) >= 11 is 12.5. The van der Waals surface area contributed by atoms with Crippen molar-refractivity contribution < 1.29 is 14.7 Å². The first-order valence-corrected chi connectivity index (χ1v) is 11.0. The van der Waals surface area contributed by atoms with Crippen LogP contribution in [0.2, 0.25) is 10.0 Å². The summed E-state index contributed by atoms with van der Waals surface area (Å²) in [6.45, 7) is 0. The van der Waals surface area contributed by atoms with Crippen LogP contribution >= 0.6 is 23.2 Å². The number of aromatic nitrogens is 1. The van der Waals surface area contributed by atoms with E-state index in [4.69, 9.17) is 23.2 Å². The third kappa shape index (κ3) is 5.30. The Morgan fingerprint density at radius 1 is 0.909 bits per heavy atom. The number of H-pyrrole nitrogens is 1. The van der Waals surface area contributed by atoms with Gasteiger partial charge in [-0.25, -0.2) is 4.79 Å². The first-order valence-electron chi connectivity index (χ1n) is 10.3. The highest BCUT2D eigenvalue weighted by Crippen LogP contribution is 2.33. The predicted molar refractivity (Wildman–Crippen MR) is 131 cm³/mol. The number of para-hydroxylation sites is 3. The molecule has 1 unspecified atom stereocenters. The number of carbonyl (C=O) groups is 2. The van der Waals surface area contributed by atoms with Crippen LogP contribution in [-0.2, 0) is 22.4 Å². The molecular formula is C25H21Cl2N3O3. The van der Waals surface area contributed by atoms with Crippen molar-refractivity contribution in [2.75, 3.05) is 5.32 Å². The molecule has 0 saturated carbocycles. The van der Waals surface area contributed by atoms with Gasteiger partial charge in [0.25, 0.3) is 0 Å². The van der Waals surface area contributed by atoms with Crippen molar-refractivity contribution in [2.45, 2.75) is 18.9 Å². The van der Waals surface area contributed by atoms with E-state index in [1.54, 1.807) is 30.5 Å². The highest BCUT2D eigenvalue weighted by molar-refractivity contribution is 6.39. The van der Waals surface area contributed by atoms with Crippen LogP contribution in [0.15, 0.2) is 72.9 Å². The van der Waals surface area contributed by atoms with E-state index < -0.39 is 17.9 Å². The van der Waals surface area contributed by atoms with Crippen LogP contribution in [0.25, 0.3) is 10.9 Å². The summed E-state index contributed by atoms with van der Waals surface area (Å²) in [6, 6.07) is 19.0. The Labute approximate surface area is 200 Å². The van der Waals surface area contributed by atoms with Gasteiger partial charge in [-0.05, 0) is 35.4 Å². The molecule has 3 aromatic carbocycles. The van der Waals surface area contributed by atoms with Crippen LogP contribution in [0.4, 0.5) is 11.4 Å². The van der Waals surface area contributed by atoms with Crippen molar-refractivity contribution in [3.8, 4) is 0 Å². The number of carboxylic acid groups (broad SMARTS) is 1. The molecule has 168 valence electrons. The van der Waals surface area contributed by atoms with Crippen molar-refractivity contribution >= 4 is 57.4 Å². The van der Waals surface area contributed by atoms with Crippen molar-refractivity contribution in [3.63, 3.8) is 0 Å². The minimum absolute atomic E-state index is 0.0110. The molecule has 0 fully saturated rings. The molecule has 1 amide bonds. The number of rotatable bonds is 8. The van der Waals surface area contributed by atoms with Crippen LogP contribution < -0.4 is 10.6 Å². The summed E-state index contributed by atoms with van der Waals surface area (Å²) in [6.07, 6.45) is 1.93. The number of halogens is 2. The maximum Gasteiger partial charge on any atom is 0.326 e. The third-order valence-electron chi connectivity index (χ3n) is 5.32. The second kappa shape index (κ2) is 9.98. The summed E-state index contributed by atoms with van der Waals surface area (Å²) < 4.78 is 0. The number of aromatic amines is 1. The molecule has 0 aliphatic carbocycles. The number of carbonyl (C=O) groups excluding carboxylic acids is 1. The monoisotopic (exact) mass is 481 g/mol. The fourth-order valence-corrected chi connectivity index (χ4v) is 4.18. The number of benzene rings is 3. The van der Waals surface area contributed by atoms with E-state index in [2.05, 4.69) is 15.6 Å². The van der Waals surface area contributed by atoms with Gasteiger partial charge in [0.05, 0.1) is 22.2 Å². The molecule has 8 heteroatoms. The first-order chi connectivity index (χ1) is 15.9. The average Bonchev–Trinajstić information content (AvgIpc) is 3.20. The quantitative estimate of drug-likeness (QED) is 0.264. The summed E-state index contributed by atoms with van der Waals surface area (Å²) in [5, 5.41) is 17.4. The second-order valence-electron chi connectivity index (χ2n) is 7.58. The van der Waals surface area contributed by atoms with Gasteiger partial charge in [0.15, 0.2) is 0 Å². The lowest BCUT2D eigenvalue weighted by Crippen LogP contribution is -2.43. The maximum absolute atomic E-state index is 12.8. The maximum atomic E-state index is 12.8. The minimum atomic E-state index is -1.09. The molecule has 4 aromatic rings. The van der Waals surface area contributed by atoms with E-state index in [1.165, 1.54) is 0 Å². The molecule has 0 bridgehead atoms. The van der Waals surface area contributed by atoms with Gasteiger partial charge in [0.2, 0.25) is 5.91 Å². The van der Waals surface area contributed by atoms with Gasteiger partial charge in [-0.15, -0.1) is 0 Å². The van der Waals surface area contributed by atoms with Crippen LogP contribution in [-0.4, -0.2) is 28.0 Å². The zero-order valence-corrected chi connectivity index (χ0v) is 19.0. The number of aliphatic carboxylic acids is 1. The predicted octanol–water partition coefficient (Wildman–Crippen LogP) is 5.57. The molecule has 1 atom stereocenters. The molecule has 6 nitrogen and oxygen atoms in total. The van der Waals surface area contributed by atoms with Crippen molar-refractivity contribution in [3.05, 3.63) is 94.1 Å². The van der Waals surface area contributed by atoms with Gasteiger partial charge < -0.3 is 20.7 Å². The van der Waals surface area contributed by atoms with Gasteiger partial charge in [0.1, 0.15) is 6.04 Å². The smallest absolute Gasteiger partial charge is 0.326 e. The molecule has 4 N–H and O–H groups in total. The van der Waals surface area contributed by atoms with Crippen LogP contribution in [0.3, 0.4) is 0 Å². The molecule has 0 aliphatic rings. The number of hydrogen-bond acceptors (Lipinski definition) is 3. The van der Waals surface area contributed by atoms with Gasteiger partial charge in [0, 0.05) is 29.2 Å². The number of hydrogen-bond donors (Lipinski definition) is 4. The number of anilines is 2. The van der Waals surface area contributed by atoms with Gasteiger partial charge in [-0.1, -0.05) is 65.7 Å². The molecule has 1 heterocycles. The van der Waals surface area contributed by atoms with Crippen molar-refractivity contribution in [2.24, 2.45) is 0 Å². The highest BCUT2D eigenvalue weighted by atomic mass is 35.5. The second-order valence-corrected chi connectivity index (χ2v) is 8.39.